The molecule has 0 radical (unpaired) electrons. The van der Waals surface area contributed by atoms with Crippen LogP contribution in [0.5, 0.6) is 0 Å². The average molecular weight is 483 g/mol. The molecule has 2 amide bonds. The summed E-state index contributed by atoms with van der Waals surface area (Å²) in [5.74, 6) is -0.546. The standard InChI is InChI=1S/C24H23FN4O4S/c25-18-6-8-19(9-7-18)26-24(31)28-13-16-12-17(15-28)23-21(10-11-22(30)29(23)14-16)27-34(32,33)20-4-2-1-3-5-20/h1-11,16-17,27H,12-15H2,(H,26,31)/t16-,17-/m0/s1. The fourth-order valence-electron chi connectivity index (χ4n) is 4.81. The number of piperidine rings is 1. The van der Waals surface area contributed by atoms with Crippen molar-refractivity contribution in [2.24, 2.45) is 5.92 Å². The molecule has 8 nitrogen and oxygen atoms in total. The highest BCUT2D eigenvalue weighted by Crippen LogP contribution is 2.39. The second kappa shape index (κ2) is 8.60. The number of urea groups is 1. The van der Waals surface area contributed by atoms with Crippen LogP contribution in [0.4, 0.5) is 20.6 Å². The number of pyridine rings is 1. The number of fused-ring (bicyclic) bond motifs is 4. The summed E-state index contributed by atoms with van der Waals surface area (Å²) < 4.78 is 43.3. The van der Waals surface area contributed by atoms with E-state index in [0.717, 1.165) is 6.42 Å². The third-order valence-electron chi connectivity index (χ3n) is 6.27. The van der Waals surface area contributed by atoms with Gasteiger partial charge in [-0.3, -0.25) is 9.52 Å². The number of carbonyl (C=O) groups is 1. The summed E-state index contributed by atoms with van der Waals surface area (Å²) in [6, 6.07) is 16.1. The van der Waals surface area contributed by atoms with Gasteiger partial charge in [-0.25, -0.2) is 17.6 Å². The van der Waals surface area contributed by atoms with E-state index in [1.54, 1.807) is 27.7 Å². The fourth-order valence-corrected chi connectivity index (χ4v) is 5.90. The first-order chi connectivity index (χ1) is 16.3. The van der Waals surface area contributed by atoms with Gasteiger partial charge < -0.3 is 14.8 Å². The highest BCUT2D eigenvalue weighted by molar-refractivity contribution is 7.92. The smallest absolute Gasteiger partial charge is 0.321 e. The molecule has 3 aromatic rings. The van der Waals surface area contributed by atoms with Crippen LogP contribution in [0.25, 0.3) is 0 Å². The second-order valence-electron chi connectivity index (χ2n) is 8.64. The lowest BCUT2D eigenvalue weighted by molar-refractivity contribution is 0.140. The molecule has 2 N–H and O–H groups in total. The summed E-state index contributed by atoms with van der Waals surface area (Å²) in [5, 5.41) is 2.78. The van der Waals surface area contributed by atoms with Crippen molar-refractivity contribution in [1.82, 2.24) is 9.47 Å². The molecule has 2 bridgehead atoms. The monoisotopic (exact) mass is 482 g/mol. The number of amides is 2. The SMILES string of the molecule is O=C(Nc1ccc(F)cc1)N1C[C@@H]2C[C@@H](C1)c1c(NS(=O)(=O)c3ccccc3)ccc(=O)n1C2. The van der Waals surface area contributed by atoms with Crippen LogP contribution < -0.4 is 15.6 Å². The number of aromatic nitrogens is 1. The number of rotatable bonds is 4. The van der Waals surface area contributed by atoms with E-state index < -0.39 is 15.8 Å². The van der Waals surface area contributed by atoms with Crippen molar-refractivity contribution in [1.29, 1.82) is 0 Å². The number of nitrogens with one attached hydrogen (secondary N) is 2. The quantitative estimate of drug-likeness (QED) is 0.595. The lowest BCUT2D eigenvalue weighted by Gasteiger charge is -2.43. The van der Waals surface area contributed by atoms with E-state index in [0.29, 0.717) is 36.7 Å². The number of carbonyl (C=O) groups excluding carboxylic acids is 1. The molecule has 0 aliphatic carbocycles. The Labute approximate surface area is 196 Å². The zero-order valence-electron chi connectivity index (χ0n) is 18.1. The van der Waals surface area contributed by atoms with Crippen molar-refractivity contribution in [3.8, 4) is 0 Å². The molecule has 5 rings (SSSR count). The van der Waals surface area contributed by atoms with Gasteiger partial charge in [0.2, 0.25) is 0 Å². The van der Waals surface area contributed by atoms with Gasteiger partial charge in [0.25, 0.3) is 15.6 Å². The predicted octanol–water partition coefficient (Wildman–Crippen LogP) is 3.44. The van der Waals surface area contributed by atoms with Crippen LogP contribution in [-0.2, 0) is 16.6 Å². The molecule has 10 heteroatoms. The van der Waals surface area contributed by atoms with E-state index in [1.807, 2.05) is 0 Å². The molecule has 0 saturated carbocycles. The highest BCUT2D eigenvalue weighted by Gasteiger charge is 2.38. The van der Waals surface area contributed by atoms with Gasteiger partial charge in [0.05, 0.1) is 16.3 Å². The molecule has 2 atom stereocenters. The van der Waals surface area contributed by atoms with E-state index in [9.17, 15) is 22.4 Å². The number of halogens is 1. The van der Waals surface area contributed by atoms with Crippen LogP contribution in [0.1, 0.15) is 18.0 Å². The van der Waals surface area contributed by atoms with Gasteiger partial charge in [0.15, 0.2) is 0 Å². The summed E-state index contributed by atoms with van der Waals surface area (Å²) in [6.07, 6.45) is 0.740. The van der Waals surface area contributed by atoms with Crippen LogP contribution in [0.2, 0.25) is 0 Å². The summed E-state index contributed by atoms with van der Waals surface area (Å²) in [7, 11) is -3.85. The fraction of sp³-hybridized carbons (Fsp3) is 0.250. The van der Waals surface area contributed by atoms with Crippen molar-refractivity contribution in [2.45, 2.75) is 23.8 Å². The van der Waals surface area contributed by atoms with Gasteiger partial charge in [-0.1, -0.05) is 18.2 Å². The van der Waals surface area contributed by atoms with Crippen molar-refractivity contribution >= 4 is 27.4 Å². The maximum atomic E-state index is 13.2. The molecule has 1 aromatic heterocycles. The summed E-state index contributed by atoms with van der Waals surface area (Å²) in [4.78, 5) is 27.3. The van der Waals surface area contributed by atoms with E-state index in [1.165, 1.54) is 48.5 Å². The van der Waals surface area contributed by atoms with E-state index >= 15 is 0 Å². The Morgan fingerprint density at radius 3 is 2.41 bits per heavy atom. The third-order valence-corrected chi connectivity index (χ3v) is 7.65. The van der Waals surface area contributed by atoms with Crippen LogP contribution >= 0.6 is 0 Å². The average Bonchev–Trinajstić information content (AvgIpc) is 2.82. The summed E-state index contributed by atoms with van der Waals surface area (Å²) in [6.45, 7) is 1.19. The number of hydrogen-bond donors (Lipinski definition) is 2. The number of anilines is 2. The minimum atomic E-state index is -3.85. The Kier molecular flexibility index (Phi) is 5.60. The van der Waals surface area contributed by atoms with E-state index in [2.05, 4.69) is 10.0 Å². The van der Waals surface area contributed by atoms with Gasteiger partial charge in [-0.15, -0.1) is 0 Å². The van der Waals surface area contributed by atoms with Gasteiger partial charge in [-0.2, -0.15) is 0 Å². The zero-order chi connectivity index (χ0) is 23.9. The summed E-state index contributed by atoms with van der Waals surface area (Å²) in [5.41, 5.74) is 1.21. The first-order valence-electron chi connectivity index (χ1n) is 10.9. The number of hydrogen-bond acceptors (Lipinski definition) is 4. The molecule has 2 aliphatic rings. The first kappa shape index (κ1) is 22.1. The molecule has 0 unspecified atom stereocenters. The Morgan fingerprint density at radius 1 is 0.941 bits per heavy atom. The Bertz CT molecular complexity index is 1390. The van der Waals surface area contributed by atoms with Gasteiger partial charge in [-0.05, 0) is 54.8 Å². The lowest BCUT2D eigenvalue weighted by Crippen LogP contribution is -2.50. The minimum Gasteiger partial charge on any atom is -0.324 e. The molecule has 1 fully saturated rings. The molecule has 1 saturated heterocycles. The number of likely N-dealkylation sites (tertiary alicyclic amines) is 1. The predicted molar refractivity (Wildman–Crippen MR) is 126 cm³/mol. The molecule has 3 heterocycles. The zero-order valence-corrected chi connectivity index (χ0v) is 19.0. The molecule has 176 valence electrons. The molecule has 2 aliphatic heterocycles. The van der Waals surface area contributed by atoms with Crippen molar-refractivity contribution in [3.05, 3.63) is 88.6 Å². The number of nitrogens with zero attached hydrogens (tertiary/aromatic N) is 2. The Hall–Kier alpha value is -3.66. The van der Waals surface area contributed by atoms with Gasteiger partial charge in [0, 0.05) is 37.3 Å². The largest absolute Gasteiger partial charge is 0.324 e. The van der Waals surface area contributed by atoms with Crippen LogP contribution in [-0.4, -0.2) is 37.0 Å². The maximum Gasteiger partial charge on any atom is 0.321 e. The molecule has 34 heavy (non-hydrogen) atoms. The van der Waals surface area contributed by atoms with Crippen LogP contribution in [0, 0.1) is 11.7 Å². The first-order valence-corrected chi connectivity index (χ1v) is 12.4. The third kappa shape index (κ3) is 4.28. The maximum absolute atomic E-state index is 13.2. The Morgan fingerprint density at radius 2 is 1.68 bits per heavy atom. The van der Waals surface area contributed by atoms with Crippen molar-refractivity contribution in [3.63, 3.8) is 0 Å². The van der Waals surface area contributed by atoms with Crippen molar-refractivity contribution < 1.29 is 17.6 Å². The summed E-state index contributed by atoms with van der Waals surface area (Å²) >= 11 is 0. The van der Waals surface area contributed by atoms with E-state index in [4.69, 9.17) is 0 Å². The van der Waals surface area contributed by atoms with Crippen LogP contribution in [0.3, 0.4) is 0 Å². The molecule has 2 aromatic carbocycles. The minimum absolute atomic E-state index is 0.0592. The second-order valence-corrected chi connectivity index (χ2v) is 10.3. The van der Waals surface area contributed by atoms with E-state index in [-0.39, 0.29) is 28.3 Å². The van der Waals surface area contributed by atoms with Crippen molar-refractivity contribution in [2.75, 3.05) is 23.1 Å². The molecular weight excluding hydrogens is 459 g/mol. The molecule has 0 spiro atoms. The lowest BCUT2D eigenvalue weighted by atomic mass is 9.82. The highest BCUT2D eigenvalue weighted by atomic mass is 32.2. The van der Waals surface area contributed by atoms with Gasteiger partial charge >= 0.3 is 6.03 Å². The van der Waals surface area contributed by atoms with Crippen LogP contribution in [0.15, 0.2) is 76.4 Å². The Balaban J connectivity index is 1.42. The number of sulfonamides is 1. The normalized spacial score (nSPS) is 19.3. The van der Waals surface area contributed by atoms with Gasteiger partial charge in [0.1, 0.15) is 5.82 Å². The number of benzene rings is 2. The topological polar surface area (TPSA) is 101 Å². The molecular formula is C24H23FN4O4S.